The van der Waals surface area contributed by atoms with Gasteiger partial charge in [-0.2, -0.15) is 0 Å². The Morgan fingerprint density at radius 2 is 2.29 bits per heavy atom. The van der Waals surface area contributed by atoms with Crippen molar-refractivity contribution in [3.8, 4) is 0 Å². The van der Waals surface area contributed by atoms with Crippen molar-refractivity contribution in [3.63, 3.8) is 0 Å². The fraction of sp³-hybridized carbons (Fsp3) is 0.375. The Bertz CT molecular complexity index is 676. The molecule has 0 spiro atoms. The predicted octanol–water partition coefficient (Wildman–Crippen LogP) is 3.26. The van der Waals surface area contributed by atoms with Crippen molar-refractivity contribution in [2.75, 3.05) is 0 Å². The third-order valence-corrected chi connectivity index (χ3v) is 4.14. The Morgan fingerprint density at radius 3 is 2.86 bits per heavy atom. The molecule has 110 valence electrons. The number of rotatable bonds is 4. The van der Waals surface area contributed by atoms with E-state index in [0.717, 1.165) is 24.1 Å². The van der Waals surface area contributed by atoms with Gasteiger partial charge in [-0.1, -0.05) is 17.7 Å². The highest BCUT2D eigenvalue weighted by molar-refractivity contribution is 6.31. The van der Waals surface area contributed by atoms with E-state index < -0.39 is 0 Å². The molecule has 2 aromatic rings. The van der Waals surface area contributed by atoms with Crippen LogP contribution in [-0.4, -0.2) is 15.5 Å². The van der Waals surface area contributed by atoms with Gasteiger partial charge in [-0.25, -0.2) is 0 Å². The Labute approximate surface area is 129 Å². The van der Waals surface area contributed by atoms with E-state index in [9.17, 15) is 4.79 Å². The molecule has 2 aromatic heterocycles. The lowest BCUT2D eigenvalue weighted by molar-refractivity contribution is 0.0922. The fourth-order valence-corrected chi connectivity index (χ4v) is 2.88. The molecule has 1 N–H and O–H groups in total. The first-order chi connectivity index (χ1) is 10.1. The number of amides is 1. The second kappa shape index (κ2) is 5.53. The van der Waals surface area contributed by atoms with Crippen molar-refractivity contribution in [3.05, 3.63) is 52.6 Å². The van der Waals surface area contributed by atoms with Crippen molar-refractivity contribution in [1.29, 1.82) is 0 Å². The molecule has 1 aliphatic carbocycles. The summed E-state index contributed by atoms with van der Waals surface area (Å²) in [5.74, 6) is 0.379. The quantitative estimate of drug-likeness (QED) is 0.942. The van der Waals surface area contributed by atoms with Gasteiger partial charge in [0.1, 0.15) is 5.69 Å². The van der Waals surface area contributed by atoms with Gasteiger partial charge >= 0.3 is 0 Å². The number of carbonyl (C=O) groups excluding carboxylic acids is 1. The topological polar surface area (TPSA) is 46.9 Å². The maximum Gasteiger partial charge on any atom is 0.268 e. The Hall–Kier alpha value is -1.81. The number of hydrogen-bond acceptors (Lipinski definition) is 2. The molecule has 5 heteroatoms. The van der Waals surface area contributed by atoms with Gasteiger partial charge in [0.05, 0.1) is 16.8 Å². The smallest absolute Gasteiger partial charge is 0.268 e. The van der Waals surface area contributed by atoms with E-state index >= 15 is 0 Å². The van der Waals surface area contributed by atoms with E-state index in [0.29, 0.717) is 16.6 Å². The molecular weight excluding hydrogens is 286 g/mol. The molecular formula is C16H18ClN3O. The number of aromatic nitrogens is 2. The van der Waals surface area contributed by atoms with Crippen molar-refractivity contribution >= 4 is 17.5 Å². The Kier molecular flexibility index (Phi) is 3.72. The molecule has 1 fully saturated rings. The van der Waals surface area contributed by atoms with Crippen LogP contribution >= 0.6 is 11.6 Å². The molecule has 1 saturated carbocycles. The maximum absolute atomic E-state index is 12.5. The molecule has 0 bridgehead atoms. The fourth-order valence-electron chi connectivity index (χ4n) is 2.63. The summed E-state index contributed by atoms with van der Waals surface area (Å²) >= 11 is 5.95. The number of nitrogens with one attached hydrogen (secondary N) is 1. The lowest BCUT2D eigenvalue weighted by Crippen LogP contribution is -2.32. The molecule has 1 unspecified atom stereocenters. The minimum Gasteiger partial charge on any atom is -0.345 e. The van der Waals surface area contributed by atoms with Crippen LogP contribution < -0.4 is 5.32 Å². The third-order valence-electron chi connectivity index (χ3n) is 3.93. The number of hydrogen-bond donors (Lipinski definition) is 1. The van der Waals surface area contributed by atoms with E-state index in [1.165, 1.54) is 0 Å². The van der Waals surface area contributed by atoms with E-state index in [4.69, 9.17) is 11.6 Å². The van der Waals surface area contributed by atoms with Crippen LogP contribution in [0.2, 0.25) is 5.02 Å². The van der Waals surface area contributed by atoms with E-state index in [1.807, 2.05) is 26.1 Å². The van der Waals surface area contributed by atoms with Gasteiger partial charge in [0, 0.05) is 19.4 Å². The van der Waals surface area contributed by atoms with Gasteiger partial charge in [-0.05, 0) is 43.4 Å². The Morgan fingerprint density at radius 1 is 1.52 bits per heavy atom. The minimum atomic E-state index is -0.105. The lowest BCUT2D eigenvalue weighted by Gasteiger charge is -2.19. The monoisotopic (exact) mass is 303 g/mol. The number of nitrogens with zero attached hydrogens (tertiary/aromatic N) is 2. The molecule has 1 amide bonds. The van der Waals surface area contributed by atoms with E-state index in [-0.39, 0.29) is 11.9 Å². The average Bonchev–Trinajstić information content (AvgIpc) is 3.22. The molecule has 1 atom stereocenters. The van der Waals surface area contributed by atoms with E-state index in [1.54, 1.807) is 23.0 Å². The van der Waals surface area contributed by atoms with Crippen LogP contribution in [0.25, 0.3) is 0 Å². The molecule has 21 heavy (non-hydrogen) atoms. The van der Waals surface area contributed by atoms with Crippen molar-refractivity contribution in [2.24, 2.45) is 13.0 Å². The molecule has 0 saturated heterocycles. The Balaban J connectivity index is 1.85. The molecule has 1 aliphatic rings. The first-order valence-electron chi connectivity index (χ1n) is 7.10. The largest absolute Gasteiger partial charge is 0.345 e. The van der Waals surface area contributed by atoms with E-state index in [2.05, 4.69) is 10.3 Å². The molecule has 2 heterocycles. The van der Waals surface area contributed by atoms with Gasteiger partial charge < -0.3 is 9.88 Å². The zero-order valence-corrected chi connectivity index (χ0v) is 12.9. The summed E-state index contributed by atoms with van der Waals surface area (Å²) in [4.78, 5) is 17.0. The van der Waals surface area contributed by atoms with Crippen LogP contribution in [0.3, 0.4) is 0 Å². The van der Waals surface area contributed by atoms with Gasteiger partial charge in [0.2, 0.25) is 0 Å². The standard InChI is InChI=1S/C16H18ClN3O/c1-10-4-3-7-18-14(10)15(11-5-6-11)19-16(21)13-8-12(17)9-20(13)2/h3-4,7-9,11,15H,5-6H2,1-2H3,(H,19,21). The van der Waals surface area contributed by atoms with Crippen molar-refractivity contribution in [1.82, 2.24) is 14.9 Å². The third kappa shape index (κ3) is 2.95. The predicted molar refractivity (Wildman–Crippen MR) is 82.3 cm³/mol. The number of pyridine rings is 1. The number of carbonyl (C=O) groups is 1. The normalized spacial score (nSPS) is 15.8. The lowest BCUT2D eigenvalue weighted by atomic mass is 10.0. The highest BCUT2D eigenvalue weighted by atomic mass is 35.5. The second-order valence-corrected chi connectivity index (χ2v) is 6.09. The molecule has 0 aliphatic heterocycles. The van der Waals surface area contributed by atoms with Crippen LogP contribution in [0.5, 0.6) is 0 Å². The molecule has 3 rings (SSSR count). The van der Waals surface area contributed by atoms with Crippen molar-refractivity contribution in [2.45, 2.75) is 25.8 Å². The van der Waals surface area contributed by atoms with Gasteiger partial charge in [0.15, 0.2) is 0 Å². The van der Waals surface area contributed by atoms with Crippen LogP contribution in [0.1, 0.15) is 40.6 Å². The number of aryl methyl sites for hydroxylation is 2. The molecule has 4 nitrogen and oxygen atoms in total. The highest BCUT2D eigenvalue weighted by Crippen LogP contribution is 2.41. The second-order valence-electron chi connectivity index (χ2n) is 5.65. The van der Waals surface area contributed by atoms with Gasteiger partial charge in [0.25, 0.3) is 5.91 Å². The zero-order chi connectivity index (χ0) is 15.0. The minimum absolute atomic E-state index is 0.0209. The maximum atomic E-state index is 12.5. The van der Waals surface area contributed by atoms with Crippen LogP contribution in [-0.2, 0) is 7.05 Å². The molecule has 0 radical (unpaired) electrons. The first kappa shape index (κ1) is 14.1. The SMILES string of the molecule is Cc1cccnc1C(NC(=O)c1cc(Cl)cn1C)C1CC1. The zero-order valence-electron chi connectivity index (χ0n) is 12.1. The van der Waals surface area contributed by atoms with Crippen LogP contribution in [0.4, 0.5) is 0 Å². The first-order valence-corrected chi connectivity index (χ1v) is 7.48. The molecule has 0 aromatic carbocycles. The summed E-state index contributed by atoms with van der Waals surface area (Å²) in [6.07, 6.45) is 5.78. The van der Waals surface area contributed by atoms with Crippen LogP contribution in [0, 0.1) is 12.8 Å². The number of halogens is 1. The highest BCUT2D eigenvalue weighted by Gasteiger charge is 2.35. The summed E-state index contributed by atoms with van der Waals surface area (Å²) in [6.45, 7) is 2.03. The van der Waals surface area contributed by atoms with Gasteiger partial charge in [-0.3, -0.25) is 9.78 Å². The average molecular weight is 304 g/mol. The summed E-state index contributed by atoms with van der Waals surface area (Å²) in [7, 11) is 1.82. The van der Waals surface area contributed by atoms with Gasteiger partial charge in [-0.15, -0.1) is 0 Å². The summed E-state index contributed by atoms with van der Waals surface area (Å²) in [5.41, 5.74) is 2.65. The summed E-state index contributed by atoms with van der Waals surface area (Å²) in [6, 6.07) is 5.61. The summed E-state index contributed by atoms with van der Waals surface area (Å²) < 4.78 is 1.74. The van der Waals surface area contributed by atoms with Crippen molar-refractivity contribution < 1.29 is 4.79 Å². The summed E-state index contributed by atoms with van der Waals surface area (Å²) in [5, 5.41) is 3.69. The van der Waals surface area contributed by atoms with Crippen LogP contribution in [0.15, 0.2) is 30.6 Å².